The van der Waals surface area contributed by atoms with Gasteiger partial charge >= 0.3 is 0 Å². The van der Waals surface area contributed by atoms with Crippen molar-refractivity contribution in [3.63, 3.8) is 0 Å². The molecule has 0 aromatic carbocycles. The van der Waals surface area contributed by atoms with Crippen molar-refractivity contribution < 1.29 is 4.74 Å². The molecule has 6 heteroatoms. The lowest BCUT2D eigenvalue weighted by molar-refractivity contribution is 0.224. The summed E-state index contributed by atoms with van der Waals surface area (Å²) in [4.78, 5) is 17.2. The van der Waals surface area contributed by atoms with Gasteiger partial charge in [-0.2, -0.15) is 0 Å². The molecule has 0 bridgehead atoms. The van der Waals surface area contributed by atoms with Gasteiger partial charge in [-0.1, -0.05) is 0 Å². The summed E-state index contributed by atoms with van der Waals surface area (Å²) >= 11 is 0. The van der Waals surface area contributed by atoms with Crippen LogP contribution >= 0.6 is 0 Å². The van der Waals surface area contributed by atoms with Crippen molar-refractivity contribution in [2.45, 2.75) is 26.0 Å². The van der Waals surface area contributed by atoms with Crippen molar-refractivity contribution in [1.29, 1.82) is 0 Å². The second-order valence-electron chi connectivity index (χ2n) is 6.21. The Hall–Kier alpha value is -2.21. The molecular formula is C17H23N5O. The van der Waals surface area contributed by atoms with Crippen LogP contribution in [-0.2, 0) is 6.54 Å². The van der Waals surface area contributed by atoms with Crippen LogP contribution < -0.4 is 9.64 Å². The summed E-state index contributed by atoms with van der Waals surface area (Å²) in [5.74, 6) is 1.87. The maximum absolute atomic E-state index is 6.14. The summed E-state index contributed by atoms with van der Waals surface area (Å²) in [6, 6.07) is 5.97. The van der Waals surface area contributed by atoms with Gasteiger partial charge in [0.25, 0.3) is 0 Å². The molecule has 0 spiro atoms. The normalized spacial score (nSPS) is 17.7. The predicted molar refractivity (Wildman–Crippen MR) is 89.6 cm³/mol. The molecule has 122 valence electrons. The van der Waals surface area contributed by atoms with E-state index < -0.39 is 0 Å². The average Bonchev–Trinajstić information content (AvgIpc) is 2.95. The van der Waals surface area contributed by atoms with Gasteiger partial charge in [0, 0.05) is 43.5 Å². The fourth-order valence-corrected chi connectivity index (χ4v) is 2.78. The lowest BCUT2D eigenvalue weighted by Gasteiger charge is -2.18. The minimum absolute atomic E-state index is 0.180. The van der Waals surface area contributed by atoms with Crippen LogP contribution in [-0.4, -0.2) is 53.1 Å². The average molecular weight is 313 g/mol. The first kappa shape index (κ1) is 15.7. The van der Waals surface area contributed by atoms with E-state index >= 15 is 0 Å². The van der Waals surface area contributed by atoms with Crippen molar-refractivity contribution >= 4 is 5.82 Å². The molecule has 0 amide bonds. The van der Waals surface area contributed by atoms with Crippen molar-refractivity contribution in [2.24, 2.45) is 0 Å². The summed E-state index contributed by atoms with van der Waals surface area (Å²) in [5, 5.41) is 0. The Kier molecular flexibility index (Phi) is 4.71. The van der Waals surface area contributed by atoms with Gasteiger partial charge in [0.1, 0.15) is 24.0 Å². The molecule has 3 rings (SSSR count). The number of nitrogens with zero attached hydrogens (tertiary/aromatic N) is 5. The Balaban J connectivity index is 1.62. The van der Waals surface area contributed by atoms with Gasteiger partial charge in [-0.3, -0.25) is 4.98 Å². The molecule has 0 radical (unpaired) electrons. The molecule has 1 saturated heterocycles. The predicted octanol–water partition coefficient (Wildman–Crippen LogP) is 1.90. The molecule has 1 aliphatic rings. The molecule has 1 aliphatic heterocycles. The summed E-state index contributed by atoms with van der Waals surface area (Å²) in [6.07, 6.45) is 4.61. The molecule has 2 aromatic heterocycles. The molecule has 2 aromatic rings. The number of rotatable bonds is 5. The maximum Gasteiger partial charge on any atom is 0.132 e. The van der Waals surface area contributed by atoms with Gasteiger partial charge in [-0.15, -0.1) is 0 Å². The second-order valence-corrected chi connectivity index (χ2v) is 6.21. The fraction of sp³-hybridized carbons (Fsp3) is 0.471. The van der Waals surface area contributed by atoms with E-state index in [2.05, 4.69) is 24.8 Å². The van der Waals surface area contributed by atoms with Gasteiger partial charge in [0.15, 0.2) is 0 Å². The minimum atomic E-state index is 0.180. The Labute approximate surface area is 137 Å². The van der Waals surface area contributed by atoms with E-state index in [1.807, 2.05) is 45.4 Å². The minimum Gasteiger partial charge on any atom is -0.488 e. The molecule has 1 atom stereocenters. The summed E-state index contributed by atoms with van der Waals surface area (Å²) < 4.78 is 6.14. The number of aromatic nitrogens is 3. The highest BCUT2D eigenvalue weighted by atomic mass is 16.5. The first-order valence-corrected chi connectivity index (χ1v) is 7.90. The van der Waals surface area contributed by atoms with Crippen molar-refractivity contribution in [2.75, 3.05) is 32.1 Å². The lowest BCUT2D eigenvalue weighted by atomic mass is 10.3. The highest BCUT2D eigenvalue weighted by molar-refractivity contribution is 5.40. The summed E-state index contributed by atoms with van der Waals surface area (Å²) in [5.41, 5.74) is 2.01. The smallest absolute Gasteiger partial charge is 0.132 e. The number of hydrogen-bond donors (Lipinski definition) is 0. The number of anilines is 1. The van der Waals surface area contributed by atoms with Gasteiger partial charge in [-0.25, -0.2) is 9.97 Å². The molecule has 3 heterocycles. The van der Waals surface area contributed by atoms with Crippen LogP contribution in [0.2, 0.25) is 0 Å². The van der Waals surface area contributed by atoms with Crippen LogP contribution in [0, 0.1) is 6.92 Å². The Morgan fingerprint density at radius 3 is 2.91 bits per heavy atom. The Morgan fingerprint density at radius 2 is 2.13 bits per heavy atom. The molecule has 0 aliphatic carbocycles. The molecule has 23 heavy (non-hydrogen) atoms. The van der Waals surface area contributed by atoms with E-state index in [1.54, 1.807) is 6.33 Å². The molecule has 0 saturated carbocycles. The standard InChI is InChI=1S/C17H23N5O/c1-13-8-17(20-12-19-13)22-7-5-16(11-22)23-15-4-6-18-14(9-15)10-21(2)3/h4,6,8-9,12,16H,5,7,10-11H2,1-3H3. The second kappa shape index (κ2) is 6.91. The lowest BCUT2D eigenvalue weighted by Crippen LogP contribution is -2.25. The van der Waals surface area contributed by atoms with Crippen molar-refractivity contribution in [3.8, 4) is 5.75 Å². The van der Waals surface area contributed by atoms with Crippen molar-refractivity contribution in [3.05, 3.63) is 42.1 Å². The Bertz CT molecular complexity index is 661. The van der Waals surface area contributed by atoms with Crippen LogP contribution in [0.4, 0.5) is 5.82 Å². The molecule has 6 nitrogen and oxygen atoms in total. The van der Waals surface area contributed by atoms with E-state index in [4.69, 9.17) is 4.74 Å². The SMILES string of the molecule is Cc1cc(N2CCC(Oc3ccnc(CN(C)C)c3)C2)ncn1. The van der Waals surface area contributed by atoms with Crippen LogP contribution in [0.1, 0.15) is 17.8 Å². The summed E-state index contributed by atoms with van der Waals surface area (Å²) in [7, 11) is 4.07. The van der Waals surface area contributed by atoms with Crippen LogP contribution in [0.15, 0.2) is 30.7 Å². The highest BCUT2D eigenvalue weighted by Gasteiger charge is 2.25. The highest BCUT2D eigenvalue weighted by Crippen LogP contribution is 2.22. The van der Waals surface area contributed by atoms with E-state index in [0.717, 1.165) is 49.0 Å². The zero-order valence-electron chi connectivity index (χ0n) is 13.9. The zero-order valence-corrected chi connectivity index (χ0v) is 13.9. The van der Waals surface area contributed by atoms with Gasteiger partial charge in [0.2, 0.25) is 0 Å². The van der Waals surface area contributed by atoms with Crippen molar-refractivity contribution in [1.82, 2.24) is 19.9 Å². The van der Waals surface area contributed by atoms with Crippen LogP contribution in [0.5, 0.6) is 5.75 Å². The number of ether oxygens (including phenoxy) is 1. The van der Waals surface area contributed by atoms with E-state index in [9.17, 15) is 0 Å². The first-order valence-electron chi connectivity index (χ1n) is 7.90. The first-order chi connectivity index (χ1) is 11.1. The third kappa shape index (κ3) is 4.16. The molecular weight excluding hydrogens is 290 g/mol. The topological polar surface area (TPSA) is 54.4 Å². The zero-order chi connectivity index (χ0) is 16.2. The maximum atomic E-state index is 6.14. The van der Waals surface area contributed by atoms with Crippen LogP contribution in [0.25, 0.3) is 0 Å². The summed E-state index contributed by atoms with van der Waals surface area (Å²) in [6.45, 7) is 4.60. The number of pyridine rings is 1. The number of hydrogen-bond acceptors (Lipinski definition) is 6. The van der Waals surface area contributed by atoms with E-state index in [0.29, 0.717) is 0 Å². The molecule has 1 fully saturated rings. The van der Waals surface area contributed by atoms with Gasteiger partial charge in [-0.05, 0) is 27.1 Å². The molecule has 1 unspecified atom stereocenters. The van der Waals surface area contributed by atoms with E-state index in [1.165, 1.54) is 0 Å². The van der Waals surface area contributed by atoms with Gasteiger partial charge < -0.3 is 14.5 Å². The monoisotopic (exact) mass is 313 g/mol. The number of aryl methyl sites for hydroxylation is 1. The van der Waals surface area contributed by atoms with E-state index in [-0.39, 0.29) is 6.10 Å². The third-order valence-corrected chi connectivity index (χ3v) is 3.83. The quantitative estimate of drug-likeness (QED) is 0.840. The largest absolute Gasteiger partial charge is 0.488 e. The Morgan fingerprint density at radius 1 is 1.26 bits per heavy atom. The third-order valence-electron chi connectivity index (χ3n) is 3.83. The van der Waals surface area contributed by atoms with Crippen LogP contribution in [0.3, 0.4) is 0 Å². The molecule has 0 N–H and O–H groups in total. The van der Waals surface area contributed by atoms with Gasteiger partial charge in [0.05, 0.1) is 12.2 Å². The fourth-order valence-electron chi connectivity index (χ4n) is 2.78.